The molecule has 0 aliphatic heterocycles. The predicted octanol–water partition coefficient (Wildman–Crippen LogP) is 4.26. The van der Waals surface area contributed by atoms with E-state index in [0.717, 1.165) is 41.4 Å². The van der Waals surface area contributed by atoms with E-state index in [9.17, 15) is 14.9 Å². The van der Waals surface area contributed by atoms with Gasteiger partial charge in [0.05, 0.1) is 4.92 Å². The van der Waals surface area contributed by atoms with Crippen LogP contribution in [0.5, 0.6) is 0 Å². The van der Waals surface area contributed by atoms with Crippen LogP contribution in [0.15, 0.2) is 59.8 Å². The summed E-state index contributed by atoms with van der Waals surface area (Å²) in [5.41, 5.74) is 1.68. The fourth-order valence-corrected chi connectivity index (χ4v) is 4.13. The van der Waals surface area contributed by atoms with Crippen molar-refractivity contribution >= 4 is 23.4 Å². The summed E-state index contributed by atoms with van der Waals surface area (Å²) < 4.78 is 6.92. The number of non-ortho nitro benzene ring substituents is 1. The first-order valence-corrected chi connectivity index (χ1v) is 11.7. The molecule has 0 fully saturated rings. The highest BCUT2D eigenvalue weighted by molar-refractivity contribution is 7.99. The molecule has 1 N–H and O–H groups in total. The van der Waals surface area contributed by atoms with Gasteiger partial charge in [-0.25, -0.2) is 0 Å². The Morgan fingerprint density at radius 1 is 1.09 bits per heavy atom. The smallest absolute Gasteiger partial charge is 0.269 e. The summed E-state index contributed by atoms with van der Waals surface area (Å²) in [4.78, 5) is 22.4. The molecule has 3 rings (SSSR count). The first kappa shape index (κ1) is 24.4. The molecule has 0 radical (unpaired) electrons. The van der Waals surface area contributed by atoms with E-state index in [1.165, 1.54) is 12.1 Å². The third kappa shape index (κ3) is 7.13. The zero-order valence-corrected chi connectivity index (χ0v) is 19.3. The summed E-state index contributed by atoms with van der Waals surface area (Å²) in [6, 6.07) is 16.0. The van der Waals surface area contributed by atoms with E-state index in [1.807, 2.05) is 34.9 Å². The number of hydrogen-bond acceptors (Lipinski definition) is 7. The van der Waals surface area contributed by atoms with Crippen molar-refractivity contribution in [2.75, 3.05) is 26.0 Å². The van der Waals surface area contributed by atoms with Gasteiger partial charge in [-0.15, -0.1) is 10.2 Å². The summed E-state index contributed by atoms with van der Waals surface area (Å²) in [6.07, 6.45) is 2.96. The SMILES string of the molecule is COCCCNC(=O)CCCCSc1nnc(-c2ccc([N+](=O)[O-])cc2)n1-c1ccccc1. The molecule has 33 heavy (non-hydrogen) atoms. The summed E-state index contributed by atoms with van der Waals surface area (Å²) in [6.45, 7) is 1.27. The molecule has 0 aliphatic carbocycles. The van der Waals surface area contributed by atoms with Crippen LogP contribution in [0.3, 0.4) is 0 Å². The number of ether oxygens (including phenoxy) is 1. The third-order valence-corrected chi connectivity index (χ3v) is 5.88. The second-order valence-electron chi connectivity index (χ2n) is 7.28. The molecule has 0 saturated heterocycles. The molecule has 0 unspecified atom stereocenters. The van der Waals surface area contributed by atoms with Crippen LogP contribution in [-0.2, 0) is 9.53 Å². The number of nitro groups is 1. The van der Waals surface area contributed by atoms with E-state index in [0.29, 0.717) is 25.4 Å². The van der Waals surface area contributed by atoms with E-state index in [2.05, 4.69) is 15.5 Å². The van der Waals surface area contributed by atoms with Crippen molar-refractivity contribution in [3.8, 4) is 17.1 Å². The number of carbonyl (C=O) groups excluding carboxylic acids is 1. The molecule has 1 aromatic heterocycles. The zero-order valence-electron chi connectivity index (χ0n) is 18.5. The number of rotatable bonds is 13. The third-order valence-electron chi connectivity index (χ3n) is 4.86. The number of amides is 1. The van der Waals surface area contributed by atoms with Gasteiger partial charge < -0.3 is 10.1 Å². The van der Waals surface area contributed by atoms with Crippen LogP contribution in [0.1, 0.15) is 25.7 Å². The molecule has 1 amide bonds. The topological polar surface area (TPSA) is 112 Å². The largest absolute Gasteiger partial charge is 0.385 e. The Labute approximate surface area is 196 Å². The van der Waals surface area contributed by atoms with E-state index in [4.69, 9.17) is 4.74 Å². The van der Waals surface area contributed by atoms with E-state index < -0.39 is 4.92 Å². The molecule has 0 bridgehead atoms. The van der Waals surface area contributed by atoms with Crippen LogP contribution in [-0.4, -0.2) is 51.6 Å². The van der Waals surface area contributed by atoms with Crippen LogP contribution < -0.4 is 5.32 Å². The van der Waals surface area contributed by atoms with E-state index in [-0.39, 0.29) is 11.6 Å². The van der Waals surface area contributed by atoms with Gasteiger partial charge in [0.1, 0.15) is 0 Å². The Kier molecular flexibility index (Phi) is 9.40. The molecule has 0 spiro atoms. The Balaban J connectivity index is 1.63. The Hall–Kier alpha value is -3.24. The maximum atomic E-state index is 11.9. The van der Waals surface area contributed by atoms with Gasteiger partial charge in [-0.1, -0.05) is 30.0 Å². The average Bonchev–Trinajstić information content (AvgIpc) is 3.26. The lowest BCUT2D eigenvalue weighted by Gasteiger charge is -2.10. The van der Waals surface area contributed by atoms with Crippen LogP contribution in [0, 0.1) is 10.1 Å². The van der Waals surface area contributed by atoms with E-state index >= 15 is 0 Å². The molecule has 2 aromatic carbocycles. The zero-order chi connectivity index (χ0) is 23.5. The number of thioether (sulfide) groups is 1. The number of hydrogen-bond donors (Lipinski definition) is 1. The highest BCUT2D eigenvalue weighted by Crippen LogP contribution is 2.29. The van der Waals surface area contributed by atoms with Gasteiger partial charge in [0.15, 0.2) is 11.0 Å². The lowest BCUT2D eigenvalue weighted by Crippen LogP contribution is -2.24. The van der Waals surface area contributed by atoms with Crippen LogP contribution >= 0.6 is 11.8 Å². The minimum absolute atomic E-state index is 0.0295. The van der Waals surface area contributed by atoms with Gasteiger partial charge in [-0.3, -0.25) is 19.5 Å². The molecule has 0 atom stereocenters. The van der Waals surface area contributed by atoms with Crippen molar-refractivity contribution in [2.45, 2.75) is 30.8 Å². The number of unbranched alkanes of at least 4 members (excludes halogenated alkanes) is 1. The monoisotopic (exact) mass is 469 g/mol. The van der Waals surface area contributed by atoms with Gasteiger partial charge in [0, 0.05) is 55.8 Å². The highest BCUT2D eigenvalue weighted by Gasteiger charge is 2.17. The summed E-state index contributed by atoms with van der Waals surface area (Å²) in [5, 5.41) is 23.3. The van der Waals surface area contributed by atoms with Gasteiger partial charge >= 0.3 is 0 Å². The molecule has 9 nitrogen and oxygen atoms in total. The predicted molar refractivity (Wildman–Crippen MR) is 128 cm³/mol. The second-order valence-corrected chi connectivity index (χ2v) is 8.35. The summed E-state index contributed by atoms with van der Waals surface area (Å²) in [7, 11) is 1.65. The first-order valence-electron chi connectivity index (χ1n) is 10.7. The first-order chi connectivity index (χ1) is 16.1. The number of nitrogens with zero attached hydrogens (tertiary/aromatic N) is 4. The fourth-order valence-electron chi connectivity index (χ4n) is 3.18. The van der Waals surface area contributed by atoms with Crippen molar-refractivity contribution < 1.29 is 14.5 Å². The molecule has 10 heteroatoms. The fraction of sp³-hybridized carbons (Fsp3) is 0.348. The normalized spacial score (nSPS) is 10.8. The Morgan fingerprint density at radius 3 is 2.55 bits per heavy atom. The number of methoxy groups -OCH3 is 1. The van der Waals surface area contributed by atoms with Gasteiger partial charge in [0.2, 0.25) is 5.91 Å². The molecule has 0 aliphatic rings. The van der Waals surface area contributed by atoms with Crippen molar-refractivity contribution in [1.29, 1.82) is 0 Å². The van der Waals surface area contributed by atoms with E-state index in [1.54, 1.807) is 31.0 Å². The van der Waals surface area contributed by atoms with Crippen molar-refractivity contribution in [3.05, 3.63) is 64.7 Å². The number of para-hydroxylation sites is 1. The number of nitrogens with one attached hydrogen (secondary N) is 1. The van der Waals surface area contributed by atoms with Gasteiger partial charge in [-0.2, -0.15) is 0 Å². The van der Waals surface area contributed by atoms with Crippen LogP contribution in [0.2, 0.25) is 0 Å². The Bertz CT molecular complexity index is 1040. The van der Waals surface area contributed by atoms with Crippen LogP contribution in [0.4, 0.5) is 5.69 Å². The minimum Gasteiger partial charge on any atom is -0.385 e. The standard InChI is InChI=1S/C23H27N5O4S/c1-32-16-7-15-24-21(29)10-5-6-17-33-23-26-25-22(27(23)19-8-3-2-4-9-19)18-11-13-20(14-12-18)28(30)31/h2-4,8-9,11-14H,5-7,10,15-17H2,1H3,(H,24,29). The number of carbonyl (C=O) groups is 1. The quantitative estimate of drug-likeness (QED) is 0.172. The molecular formula is C23H27N5O4S. The lowest BCUT2D eigenvalue weighted by molar-refractivity contribution is -0.384. The van der Waals surface area contributed by atoms with Crippen molar-refractivity contribution in [1.82, 2.24) is 20.1 Å². The molecular weight excluding hydrogens is 442 g/mol. The molecule has 174 valence electrons. The number of nitro benzene ring substituents is 1. The molecule has 3 aromatic rings. The van der Waals surface area contributed by atoms with Crippen molar-refractivity contribution in [3.63, 3.8) is 0 Å². The maximum Gasteiger partial charge on any atom is 0.269 e. The lowest BCUT2D eigenvalue weighted by atomic mass is 10.2. The van der Waals surface area contributed by atoms with Gasteiger partial charge in [-0.05, 0) is 43.5 Å². The number of benzene rings is 2. The Morgan fingerprint density at radius 2 is 1.85 bits per heavy atom. The maximum absolute atomic E-state index is 11.9. The highest BCUT2D eigenvalue weighted by atomic mass is 32.2. The second kappa shape index (κ2) is 12.7. The summed E-state index contributed by atoms with van der Waals surface area (Å²) >= 11 is 1.57. The summed E-state index contributed by atoms with van der Waals surface area (Å²) in [5.74, 6) is 1.47. The molecule has 1 heterocycles. The van der Waals surface area contributed by atoms with Crippen LogP contribution in [0.25, 0.3) is 17.1 Å². The van der Waals surface area contributed by atoms with Crippen molar-refractivity contribution in [2.24, 2.45) is 0 Å². The molecule has 0 saturated carbocycles. The number of aromatic nitrogens is 3. The van der Waals surface area contributed by atoms with Gasteiger partial charge in [0.25, 0.3) is 5.69 Å². The minimum atomic E-state index is -0.424. The average molecular weight is 470 g/mol.